The Bertz CT molecular complexity index is 1250. The van der Waals surface area contributed by atoms with Crippen molar-refractivity contribution >= 4 is 29.9 Å². The maximum Gasteiger partial charge on any atom is 0.253 e. The van der Waals surface area contributed by atoms with Crippen LogP contribution in [0.25, 0.3) is 0 Å². The second kappa shape index (κ2) is 10.4. The topological polar surface area (TPSA) is 58.2 Å². The molecule has 0 aliphatic heterocycles. The number of anilines is 2. The van der Waals surface area contributed by atoms with Crippen molar-refractivity contribution in [2.45, 2.75) is 43.9 Å². The summed E-state index contributed by atoms with van der Waals surface area (Å²) in [6.45, 7) is 0.523. The van der Waals surface area contributed by atoms with Crippen LogP contribution >= 0.6 is 7.92 Å². The molecule has 0 aromatic heterocycles. The molecule has 0 radical (unpaired) electrons. The standard InChI is InChI=1S/C29H29N2O2P/c32-28-26(30-20-21-12-4-1-5-13-21)27(29(28)33)31-24-18-10-11-19-25(24)34(22-14-6-2-7-15-22)23-16-8-3-9-17-23/h1-9,12-17,24-25,30-31H,10-11,18-20H2/t24-,25-/m1/s1. The van der Waals surface area contributed by atoms with E-state index in [1.807, 2.05) is 30.3 Å². The molecule has 2 atom stereocenters. The lowest BCUT2D eigenvalue weighted by Crippen LogP contribution is -2.45. The Hall–Kier alpha value is -3.23. The van der Waals surface area contributed by atoms with Crippen molar-refractivity contribution in [1.29, 1.82) is 0 Å². The van der Waals surface area contributed by atoms with E-state index in [0.29, 0.717) is 23.6 Å². The Morgan fingerprint density at radius 3 is 1.82 bits per heavy atom. The minimum absolute atomic E-state index is 0.154. The Labute approximate surface area is 201 Å². The predicted molar refractivity (Wildman–Crippen MR) is 144 cm³/mol. The van der Waals surface area contributed by atoms with Gasteiger partial charge in [-0.25, -0.2) is 0 Å². The van der Waals surface area contributed by atoms with Gasteiger partial charge < -0.3 is 10.6 Å². The molecular weight excluding hydrogens is 439 g/mol. The van der Waals surface area contributed by atoms with Crippen molar-refractivity contribution in [3.63, 3.8) is 0 Å². The van der Waals surface area contributed by atoms with Crippen molar-refractivity contribution in [2.75, 3.05) is 10.6 Å². The third kappa shape index (κ3) is 4.69. The lowest BCUT2D eigenvalue weighted by molar-refractivity contribution is 0.471. The highest BCUT2D eigenvalue weighted by Crippen LogP contribution is 2.47. The Kier molecular flexibility index (Phi) is 6.87. The molecule has 4 aromatic carbocycles. The Balaban J connectivity index is 1.42. The Morgan fingerprint density at radius 2 is 1.21 bits per heavy atom. The van der Waals surface area contributed by atoms with Gasteiger partial charge in [0.05, 0.1) is 0 Å². The molecule has 0 spiro atoms. The largest absolute Gasteiger partial charge is 0.377 e. The molecule has 1 saturated carbocycles. The van der Waals surface area contributed by atoms with Crippen LogP contribution in [0.15, 0.2) is 101 Å². The van der Waals surface area contributed by atoms with Crippen molar-refractivity contribution in [3.8, 4) is 0 Å². The fourth-order valence-corrected chi connectivity index (χ4v) is 8.04. The first-order valence-electron chi connectivity index (χ1n) is 12.0. The van der Waals surface area contributed by atoms with Crippen LogP contribution < -0.4 is 32.1 Å². The van der Waals surface area contributed by atoms with Gasteiger partial charge in [-0.1, -0.05) is 104 Å². The highest BCUT2D eigenvalue weighted by molar-refractivity contribution is 7.73. The van der Waals surface area contributed by atoms with Crippen LogP contribution in [0.1, 0.15) is 31.2 Å². The van der Waals surface area contributed by atoms with Crippen LogP contribution in [0.3, 0.4) is 0 Å². The highest BCUT2D eigenvalue weighted by Gasteiger charge is 2.35. The van der Waals surface area contributed by atoms with E-state index in [-0.39, 0.29) is 6.04 Å². The average molecular weight is 469 g/mol. The molecular formula is C29H29N2O2P. The summed E-state index contributed by atoms with van der Waals surface area (Å²) < 4.78 is 0. The van der Waals surface area contributed by atoms with E-state index in [0.717, 1.165) is 24.8 Å². The van der Waals surface area contributed by atoms with Gasteiger partial charge in [0.1, 0.15) is 11.4 Å². The van der Waals surface area contributed by atoms with Gasteiger partial charge in [0.15, 0.2) is 0 Å². The minimum Gasteiger partial charge on any atom is -0.377 e. The third-order valence-electron chi connectivity index (χ3n) is 6.68. The normalized spacial score (nSPS) is 18.1. The van der Waals surface area contributed by atoms with E-state index in [9.17, 15) is 9.59 Å². The molecule has 1 fully saturated rings. The summed E-state index contributed by atoms with van der Waals surface area (Å²) in [4.78, 5) is 25.0. The van der Waals surface area contributed by atoms with Crippen molar-refractivity contribution < 1.29 is 0 Å². The number of rotatable bonds is 8. The van der Waals surface area contributed by atoms with Crippen molar-refractivity contribution in [2.24, 2.45) is 0 Å². The molecule has 34 heavy (non-hydrogen) atoms. The van der Waals surface area contributed by atoms with E-state index in [4.69, 9.17) is 0 Å². The van der Waals surface area contributed by atoms with Crippen LogP contribution in [0.4, 0.5) is 11.4 Å². The van der Waals surface area contributed by atoms with E-state index < -0.39 is 18.8 Å². The monoisotopic (exact) mass is 468 g/mol. The summed E-state index contributed by atoms with van der Waals surface area (Å²) in [6.07, 6.45) is 4.42. The summed E-state index contributed by atoms with van der Waals surface area (Å²) >= 11 is 0. The summed E-state index contributed by atoms with van der Waals surface area (Å²) in [5.41, 5.74) is 1.55. The first kappa shape index (κ1) is 22.6. The van der Waals surface area contributed by atoms with Gasteiger partial charge >= 0.3 is 0 Å². The maximum absolute atomic E-state index is 12.6. The molecule has 4 nitrogen and oxygen atoms in total. The molecule has 0 bridgehead atoms. The van der Waals surface area contributed by atoms with Crippen molar-refractivity contribution in [1.82, 2.24) is 0 Å². The van der Waals surface area contributed by atoms with Crippen LogP contribution in [0, 0.1) is 0 Å². The van der Waals surface area contributed by atoms with Gasteiger partial charge in [0, 0.05) is 18.2 Å². The second-order valence-corrected chi connectivity index (χ2v) is 11.3. The van der Waals surface area contributed by atoms with Gasteiger partial charge in [-0.3, -0.25) is 9.59 Å². The van der Waals surface area contributed by atoms with E-state index in [2.05, 4.69) is 71.3 Å². The molecule has 2 N–H and O–H groups in total. The van der Waals surface area contributed by atoms with Crippen LogP contribution in [0.5, 0.6) is 0 Å². The third-order valence-corrected chi connectivity index (χ3v) is 9.67. The van der Waals surface area contributed by atoms with Gasteiger partial charge in [0.2, 0.25) is 0 Å². The molecule has 1 aliphatic carbocycles. The van der Waals surface area contributed by atoms with Gasteiger partial charge in [0.25, 0.3) is 10.9 Å². The number of nitrogens with one attached hydrogen (secondary N) is 2. The number of hydrogen-bond acceptors (Lipinski definition) is 4. The number of benzene rings is 3. The summed E-state index contributed by atoms with van der Waals surface area (Å²) in [5.74, 6) is 0. The first-order chi connectivity index (χ1) is 16.7. The molecule has 5 heteroatoms. The summed E-state index contributed by atoms with van der Waals surface area (Å²) in [7, 11) is -0.605. The predicted octanol–water partition coefficient (Wildman–Crippen LogP) is 4.75. The molecule has 5 rings (SSSR count). The van der Waals surface area contributed by atoms with Crippen molar-refractivity contribution in [3.05, 3.63) is 117 Å². The van der Waals surface area contributed by atoms with Crippen LogP contribution in [-0.4, -0.2) is 11.7 Å². The highest BCUT2D eigenvalue weighted by atomic mass is 31.1. The lowest BCUT2D eigenvalue weighted by atomic mass is 9.94. The Morgan fingerprint density at radius 1 is 0.676 bits per heavy atom. The first-order valence-corrected chi connectivity index (χ1v) is 13.4. The van der Waals surface area contributed by atoms with E-state index >= 15 is 0 Å². The van der Waals surface area contributed by atoms with E-state index in [1.54, 1.807) is 0 Å². The van der Waals surface area contributed by atoms with E-state index in [1.165, 1.54) is 17.0 Å². The lowest BCUT2D eigenvalue weighted by Gasteiger charge is -2.39. The molecule has 172 valence electrons. The zero-order valence-corrected chi connectivity index (χ0v) is 20.0. The van der Waals surface area contributed by atoms with Gasteiger partial charge in [-0.15, -0.1) is 0 Å². The maximum atomic E-state index is 12.6. The molecule has 0 unspecified atom stereocenters. The zero-order chi connectivity index (χ0) is 23.3. The molecule has 0 heterocycles. The van der Waals surface area contributed by atoms with Gasteiger partial charge in [-0.2, -0.15) is 0 Å². The minimum atomic E-state index is -0.605. The van der Waals surface area contributed by atoms with Crippen LogP contribution in [-0.2, 0) is 6.54 Å². The summed E-state index contributed by atoms with van der Waals surface area (Å²) in [6, 6.07) is 31.6. The fourth-order valence-electron chi connectivity index (χ4n) is 4.97. The molecule has 4 aromatic rings. The fraction of sp³-hybridized carbons (Fsp3) is 0.241. The number of hydrogen-bond donors (Lipinski definition) is 2. The average Bonchev–Trinajstić information content (AvgIpc) is 2.90. The second-order valence-electron chi connectivity index (χ2n) is 8.89. The quantitative estimate of drug-likeness (QED) is 0.289. The van der Waals surface area contributed by atoms with Crippen LogP contribution in [0.2, 0.25) is 0 Å². The molecule has 1 aliphatic rings. The zero-order valence-electron chi connectivity index (χ0n) is 19.1. The summed E-state index contributed by atoms with van der Waals surface area (Å²) in [5, 5.41) is 9.48. The molecule has 0 amide bonds. The smallest absolute Gasteiger partial charge is 0.253 e. The SMILES string of the molecule is O=c1c(NCc2ccccc2)c(N[C@@H]2CCCC[C@H]2P(c2ccccc2)c2ccccc2)c1=O. The molecule has 0 saturated heterocycles. The van der Waals surface area contributed by atoms with Gasteiger partial charge in [-0.05, 0) is 36.9 Å².